The Balaban J connectivity index is 1.87. The lowest BCUT2D eigenvalue weighted by atomic mass is 10.1. The molecule has 0 atom stereocenters. The van der Waals surface area contributed by atoms with E-state index < -0.39 is 9.73 Å². The van der Waals surface area contributed by atoms with E-state index in [9.17, 15) is 9.32 Å². The summed E-state index contributed by atoms with van der Waals surface area (Å²) < 4.78 is 23.2. The molecule has 152 valence electrons. The molecule has 0 radical (unpaired) electrons. The molecule has 8 heteroatoms. The third-order valence-corrected chi connectivity index (χ3v) is 7.53. The van der Waals surface area contributed by atoms with E-state index in [2.05, 4.69) is 19.6 Å². The molecule has 2 N–H and O–H groups in total. The average Bonchev–Trinajstić information content (AvgIpc) is 3.10. The number of ether oxygens (including phenoxy) is 1. The van der Waals surface area contributed by atoms with Gasteiger partial charge in [-0.25, -0.2) is 14.2 Å². The first kappa shape index (κ1) is 19.4. The molecule has 1 fully saturated rings. The number of phenols is 1. The van der Waals surface area contributed by atoms with E-state index in [4.69, 9.17) is 4.74 Å². The van der Waals surface area contributed by atoms with Crippen molar-refractivity contribution < 1.29 is 14.1 Å². The zero-order valence-corrected chi connectivity index (χ0v) is 17.5. The normalized spacial score (nSPS) is 15.4. The van der Waals surface area contributed by atoms with E-state index in [1.165, 1.54) is 6.33 Å². The summed E-state index contributed by atoms with van der Waals surface area (Å²) in [4.78, 5) is 8.76. The average molecular weight is 413 g/mol. The maximum atomic E-state index is 12.9. The lowest BCUT2D eigenvalue weighted by molar-refractivity contribution is 0.414. The van der Waals surface area contributed by atoms with Gasteiger partial charge in [-0.2, -0.15) is 4.36 Å². The Kier molecular flexibility index (Phi) is 5.04. The van der Waals surface area contributed by atoms with E-state index in [1.807, 2.05) is 19.9 Å². The van der Waals surface area contributed by atoms with Crippen LogP contribution in [-0.2, 0) is 9.73 Å². The Bertz CT molecular complexity index is 1200. The standard InChI is InChI=1S/C21H24N4O3S/c1-13-6-7-15(18(26)10-13)24-21-19-14(2)20(28-3)17(11-16(19)22-12-23-21)25-29(27)8-4-5-9-29/h6-7,10-12,26H,4-5,8-9H2,1-3H3,(H,22,23,24). The van der Waals surface area contributed by atoms with E-state index in [0.717, 1.165) is 29.4 Å². The molecule has 1 aliphatic rings. The lowest BCUT2D eigenvalue weighted by Crippen LogP contribution is -2.02. The van der Waals surface area contributed by atoms with Crippen LogP contribution in [0.4, 0.5) is 17.2 Å². The molecule has 2 aromatic carbocycles. The van der Waals surface area contributed by atoms with Gasteiger partial charge in [0, 0.05) is 22.5 Å². The van der Waals surface area contributed by atoms with Crippen LogP contribution in [-0.4, -0.2) is 37.9 Å². The highest BCUT2D eigenvalue weighted by Crippen LogP contribution is 2.41. The Morgan fingerprint density at radius 1 is 1.17 bits per heavy atom. The van der Waals surface area contributed by atoms with Crippen LogP contribution in [0.15, 0.2) is 35.0 Å². The van der Waals surface area contributed by atoms with Crippen LogP contribution in [0.2, 0.25) is 0 Å². The van der Waals surface area contributed by atoms with Crippen LogP contribution in [0.1, 0.15) is 24.0 Å². The molecule has 0 amide bonds. The number of hydrogen-bond donors (Lipinski definition) is 2. The van der Waals surface area contributed by atoms with Crippen molar-refractivity contribution in [2.45, 2.75) is 26.7 Å². The van der Waals surface area contributed by atoms with Gasteiger partial charge in [0.05, 0.1) is 28.0 Å². The number of rotatable bonds is 4. The summed E-state index contributed by atoms with van der Waals surface area (Å²) in [6, 6.07) is 7.20. The summed E-state index contributed by atoms with van der Waals surface area (Å²) in [7, 11) is -0.660. The maximum absolute atomic E-state index is 12.9. The number of aromatic nitrogens is 2. The van der Waals surface area contributed by atoms with Crippen molar-refractivity contribution in [3.05, 3.63) is 41.7 Å². The molecule has 29 heavy (non-hydrogen) atoms. The smallest absolute Gasteiger partial charge is 0.149 e. The van der Waals surface area contributed by atoms with Gasteiger partial charge in [-0.05, 0) is 50.5 Å². The molecule has 1 saturated heterocycles. The number of aryl methyl sites for hydroxylation is 2. The van der Waals surface area contributed by atoms with Crippen LogP contribution in [0.3, 0.4) is 0 Å². The molecule has 3 aromatic rings. The summed E-state index contributed by atoms with van der Waals surface area (Å²) in [5, 5.41) is 14.2. The van der Waals surface area contributed by atoms with Crippen molar-refractivity contribution in [1.29, 1.82) is 0 Å². The van der Waals surface area contributed by atoms with Crippen molar-refractivity contribution in [3.63, 3.8) is 0 Å². The minimum Gasteiger partial charge on any atom is -0.506 e. The summed E-state index contributed by atoms with van der Waals surface area (Å²) in [5.41, 5.74) is 3.56. The summed E-state index contributed by atoms with van der Waals surface area (Å²) in [6.45, 7) is 3.82. The molecule has 0 unspecified atom stereocenters. The van der Waals surface area contributed by atoms with Gasteiger partial charge in [0.15, 0.2) is 0 Å². The topological polar surface area (TPSA) is 96.7 Å². The number of aromatic hydroxyl groups is 1. The van der Waals surface area contributed by atoms with E-state index >= 15 is 0 Å². The highest BCUT2D eigenvalue weighted by Gasteiger charge is 2.21. The molecule has 0 spiro atoms. The Hall–Kier alpha value is -2.87. The first-order chi connectivity index (χ1) is 13.9. The second kappa shape index (κ2) is 7.51. The fourth-order valence-corrected chi connectivity index (χ4v) is 5.89. The molecule has 4 rings (SSSR count). The van der Waals surface area contributed by atoms with Gasteiger partial charge in [-0.1, -0.05) is 6.07 Å². The number of benzene rings is 2. The predicted molar refractivity (Wildman–Crippen MR) is 116 cm³/mol. The Labute approximate surface area is 170 Å². The molecule has 7 nitrogen and oxygen atoms in total. The number of fused-ring (bicyclic) bond motifs is 1. The van der Waals surface area contributed by atoms with Gasteiger partial charge in [0.2, 0.25) is 0 Å². The van der Waals surface area contributed by atoms with E-state index in [0.29, 0.717) is 40.0 Å². The fourth-order valence-electron chi connectivity index (χ4n) is 3.70. The van der Waals surface area contributed by atoms with Crippen molar-refractivity contribution in [1.82, 2.24) is 9.97 Å². The predicted octanol–water partition coefficient (Wildman–Crippen LogP) is 4.60. The van der Waals surface area contributed by atoms with Crippen molar-refractivity contribution in [2.24, 2.45) is 4.36 Å². The van der Waals surface area contributed by atoms with Gasteiger partial charge in [0.25, 0.3) is 0 Å². The second-order valence-corrected chi connectivity index (χ2v) is 9.84. The number of phenolic OH excluding ortho intramolecular Hbond substituents is 1. The van der Waals surface area contributed by atoms with Crippen LogP contribution in [0.5, 0.6) is 11.5 Å². The van der Waals surface area contributed by atoms with Crippen LogP contribution in [0, 0.1) is 13.8 Å². The SMILES string of the molecule is COc1c(N=S2(=O)CCCC2)cc2ncnc(Nc3ccc(C)cc3O)c2c1C. The van der Waals surface area contributed by atoms with Crippen molar-refractivity contribution in [3.8, 4) is 11.5 Å². The first-order valence-corrected chi connectivity index (χ1v) is 11.4. The fraction of sp³-hybridized carbons (Fsp3) is 0.333. The van der Waals surface area contributed by atoms with Crippen molar-refractivity contribution >= 4 is 37.8 Å². The highest BCUT2D eigenvalue weighted by atomic mass is 32.2. The summed E-state index contributed by atoms with van der Waals surface area (Å²) in [5.74, 6) is 2.51. The lowest BCUT2D eigenvalue weighted by Gasteiger charge is -2.15. The van der Waals surface area contributed by atoms with E-state index in [1.54, 1.807) is 25.3 Å². The van der Waals surface area contributed by atoms with Crippen molar-refractivity contribution in [2.75, 3.05) is 23.9 Å². The molecular formula is C21H24N4O3S. The van der Waals surface area contributed by atoms with Gasteiger partial charge < -0.3 is 15.2 Å². The summed E-state index contributed by atoms with van der Waals surface area (Å²) >= 11 is 0. The molecule has 1 aliphatic heterocycles. The molecule has 1 aromatic heterocycles. The van der Waals surface area contributed by atoms with Gasteiger partial charge >= 0.3 is 0 Å². The number of methoxy groups -OCH3 is 1. The number of nitrogens with zero attached hydrogens (tertiary/aromatic N) is 3. The minimum absolute atomic E-state index is 0.145. The van der Waals surface area contributed by atoms with Crippen LogP contribution in [0.25, 0.3) is 10.9 Å². The number of nitrogens with one attached hydrogen (secondary N) is 1. The third kappa shape index (κ3) is 3.72. The largest absolute Gasteiger partial charge is 0.506 e. The summed E-state index contributed by atoms with van der Waals surface area (Å²) in [6.07, 6.45) is 3.34. The molecule has 2 heterocycles. The molecule has 0 bridgehead atoms. The quantitative estimate of drug-likeness (QED) is 0.608. The zero-order chi connectivity index (χ0) is 20.6. The second-order valence-electron chi connectivity index (χ2n) is 7.30. The molecular weight excluding hydrogens is 388 g/mol. The Morgan fingerprint density at radius 3 is 2.62 bits per heavy atom. The highest BCUT2D eigenvalue weighted by molar-refractivity contribution is 7.93. The number of anilines is 2. The Morgan fingerprint density at radius 2 is 1.93 bits per heavy atom. The first-order valence-electron chi connectivity index (χ1n) is 9.52. The molecule has 0 saturated carbocycles. The number of hydrogen-bond acceptors (Lipinski definition) is 7. The van der Waals surface area contributed by atoms with Gasteiger partial charge in [-0.15, -0.1) is 0 Å². The minimum atomic E-state index is -2.24. The maximum Gasteiger partial charge on any atom is 0.149 e. The van der Waals surface area contributed by atoms with Gasteiger partial charge in [-0.3, -0.25) is 0 Å². The van der Waals surface area contributed by atoms with Crippen LogP contribution < -0.4 is 10.1 Å². The third-order valence-electron chi connectivity index (χ3n) is 5.15. The van der Waals surface area contributed by atoms with Crippen LogP contribution >= 0.6 is 0 Å². The monoisotopic (exact) mass is 412 g/mol. The zero-order valence-electron chi connectivity index (χ0n) is 16.7. The molecule has 0 aliphatic carbocycles. The van der Waals surface area contributed by atoms with Gasteiger partial charge in [0.1, 0.15) is 29.3 Å². The van der Waals surface area contributed by atoms with E-state index in [-0.39, 0.29) is 5.75 Å².